The zero-order valence-electron chi connectivity index (χ0n) is 6.57. The average Bonchev–Trinajstić information content (AvgIpc) is 2.04. The summed E-state index contributed by atoms with van der Waals surface area (Å²) in [5.74, 6) is 0. The van der Waals surface area contributed by atoms with Crippen LogP contribution in [0, 0.1) is 6.92 Å². The Labute approximate surface area is 68.7 Å². The van der Waals surface area contributed by atoms with Gasteiger partial charge in [0, 0.05) is 23.8 Å². The minimum absolute atomic E-state index is 0.314. The fourth-order valence-electron chi connectivity index (χ4n) is 1.16. The second-order valence-corrected chi connectivity index (χ2v) is 2.62. The summed E-state index contributed by atoms with van der Waals surface area (Å²) >= 11 is 0. The van der Waals surface area contributed by atoms with E-state index in [2.05, 4.69) is 4.98 Å². The summed E-state index contributed by atoms with van der Waals surface area (Å²) < 4.78 is 4.95. The van der Waals surface area contributed by atoms with Gasteiger partial charge in [0.25, 0.3) is 0 Å². The van der Waals surface area contributed by atoms with Crippen molar-refractivity contribution in [1.82, 2.24) is 4.98 Å². The highest BCUT2D eigenvalue weighted by Crippen LogP contribution is 2.12. The second kappa shape index (κ2) is 2.44. The molecule has 0 fully saturated rings. The Kier molecular flexibility index (Phi) is 1.43. The molecule has 0 amide bonds. The van der Waals surface area contributed by atoms with E-state index in [0.717, 1.165) is 10.9 Å². The van der Waals surface area contributed by atoms with Crippen molar-refractivity contribution < 1.29 is 4.42 Å². The summed E-state index contributed by atoms with van der Waals surface area (Å²) in [4.78, 5) is 14.9. The van der Waals surface area contributed by atoms with Crippen molar-refractivity contribution in [1.29, 1.82) is 0 Å². The minimum atomic E-state index is -0.314. The number of hydrogen-bond acceptors (Lipinski definition) is 3. The molecule has 0 aliphatic carbocycles. The van der Waals surface area contributed by atoms with Crippen molar-refractivity contribution in [3.63, 3.8) is 0 Å². The summed E-state index contributed by atoms with van der Waals surface area (Å²) in [7, 11) is 0. The largest absolute Gasteiger partial charge is 0.423 e. The summed E-state index contributed by atoms with van der Waals surface area (Å²) in [5, 5.41) is 0.886. The maximum absolute atomic E-state index is 10.9. The zero-order valence-corrected chi connectivity index (χ0v) is 6.57. The number of hydrogen-bond donors (Lipinski definition) is 0. The van der Waals surface area contributed by atoms with Gasteiger partial charge in [0.05, 0.1) is 0 Å². The molecule has 60 valence electrons. The molecule has 12 heavy (non-hydrogen) atoms. The van der Waals surface area contributed by atoms with Gasteiger partial charge in [0.2, 0.25) is 0 Å². The third-order valence-corrected chi connectivity index (χ3v) is 1.75. The van der Waals surface area contributed by atoms with E-state index in [1.54, 1.807) is 18.5 Å². The lowest BCUT2D eigenvalue weighted by atomic mass is 10.2. The molecule has 0 radical (unpaired) electrons. The molecule has 0 saturated heterocycles. The third kappa shape index (κ3) is 0.993. The van der Waals surface area contributed by atoms with E-state index in [-0.39, 0.29) is 5.63 Å². The first-order valence-electron chi connectivity index (χ1n) is 3.62. The molecule has 0 aliphatic rings. The first-order chi connectivity index (χ1) is 5.77. The molecular formula is C9H7NO2. The van der Waals surface area contributed by atoms with E-state index in [4.69, 9.17) is 4.42 Å². The van der Waals surface area contributed by atoms with Crippen LogP contribution in [0.2, 0.25) is 0 Å². The Morgan fingerprint density at radius 1 is 1.50 bits per heavy atom. The normalized spacial score (nSPS) is 10.4. The molecular weight excluding hydrogens is 154 g/mol. The van der Waals surface area contributed by atoms with E-state index < -0.39 is 0 Å². The molecule has 0 aromatic carbocycles. The number of aromatic nitrogens is 1. The number of rotatable bonds is 0. The quantitative estimate of drug-likeness (QED) is 0.588. The van der Waals surface area contributed by atoms with Gasteiger partial charge in [-0.15, -0.1) is 0 Å². The third-order valence-electron chi connectivity index (χ3n) is 1.75. The fraction of sp³-hybridized carbons (Fsp3) is 0.111. The summed E-state index contributed by atoms with van der Waals surface area (Å²) in [5.41, 5.74) is 1.18. The van der Waals surface area contributed by atoms with Crippen molar-refractivity contribution in [2.24, 2.45) is 0 Å². The van der Waals surface area contributed by atoms with Crippen LogP contribution in [0.15, 0.2) is 33.7 Å². The molecule has 0 saturated carbocycles. The second-order valence-electron chi connectivity index (χ2n) is 2.62. The van der Waals surface area contributed by atoms with Gasteiger partial charge in [-0.2, -0.15) is 0 Å². The first-order valence-corrected chi connectivity index (χ1v) is 3.62. The molecule has 0 spiro atoms. The molecule has 0 aliphatic heterocycles. The van der Waals surface area contributed by atoms with Gasteiger partial charge in [-0.25, -0.2) is 4.79 Å². The van der Waals surface area contributed by atoms with Gasteiger partial charge in [-0.3, -0.25) is 4.98 Å². The Hall–Kier alpha value is -1.64. The van der Waals surface area contributed by atoms with Gasteiger partial charge in [-0.1, -0.05) is 0 Å². The van der Waals surface area contributed by atoms with Crippen LogP contribution in [0.5, 0.6) is 0 Å². The summed E-state index contributed by atoms with van der Waals surface area (Å²) in [6.07, 6.45) is 3.29. The lowest BCUT2D eigenvalue weighted by Gasteiger charge is -1.96. The van der Waals surface area contributed by atoms with Crippen LogP contribution in [-0.4, -0.2) is 4.98 Å². The molecule has 3 nitrogen and oxygen atoms in total. The maximum atomic E-state index is 10.9. The summed E-state index contributed by atoms with van der Waals surface area (Å²) in [6, 6.07) is 3.15. The Balaban J connectivity index is 2.99. The van der Waals surface area contributed by atoms with E-state index in [1.165, 1.54) is 6.07 Å². The van der Waals surface area contributed by atoms with Crippen LogP contribution < -0.4 is 5.63 Å². The number of pyridine rings is 1. The molecule has 2 aromatic rings. The highest BCUT2D eigenvalue weighted by atomic mass is 16.4. The van der Waals surface area contributed by atoms with Gasteiger partial charge < -0.3 is 4.42 Å². The molecule has 2 rings (SSSR count). The predicted octanol–water partition coefficient (Wildman–Crippen LogP) is 1.50. The topological polar surface area (TPSA) is 43.1 Å². The van der Waals surface area contributed by atoms with Crippen LogP contribution in [0.4, 0.5) is 0 Å². The SMILES string of the molecule is Cc1cc(=O)oc2ccncc12. The molecule has 0 bridgehead atoms. The van der Waals surface area contributed by atoms with Crippen molar-refractivity contribution in [2.45, 2.75) is 6.92 Å². The summed E-state index contributed by atoms with van der Waals surface area (Å²) in [6.45, 7) is 1.86. The smallest absolute Gasteiger partial charge is 0.336 e. The monoisotopic (exact) mass is 161 g/mol. The molecule has 0 N–H and O–H groups in total. The van der Waals surface area contributed by atoms with Crippen molar-refractivity contribution >= 4 is 11.0 Å². The molecule has 2 heterocycles. The van der Waals surface area contributed by atoms with E-state index in [1.807, 2.05) is 6.92 Å². The Morgan fingerprint density at radius 3 is 3.17 bits per heavy atom. The fourth-order valence-corrected chi connectivity index (χ4v) is 1.16. The van der Waals surface area contributed by atoms with Gasteiger partial charge in [-0.05, 0) is 18.6 Å². The highest BCUT2D eigenvalue weighted by molar-refractivity contribution is 5.78. The van der Waals surface area contributed by atoms with Crippen LogP contribution in [0.3, 0.4) is 0 Å². The van der Waals surface area contributed by atoms with Crippen molar-refractivity contribution in [2.75, 3.05) is 0 Å². The number of nitrogens with zero attached hydrogens (tertiary/aromatic N) is 1. The van der Waals surface area contributed by atoms with Gasteiger partial charge in [0.15, 0.2) is 0 Å². The van der Waals surface area contributed by atoms with E-state index >= 15 is 0 Å². The minimum Gasteiger partial charge on any atom is -0.423 e. The van der Waals surface area contributed by atoms with Crippen LogP contribution in [0.1, 0.15) is 5.56 Å². The van der Waals surface area contributed by atoms with Gasteiger partial charge >= 0.3 is 5.63 Å². The van der Waals surface area contributed by atoms with Gasteiger partial charge in [0.1, 0.15) is 5.58 Å². The van der Waals surface area contributed by atoms with Crippen molar-refractivity contribution in [3.05, 3.63) is 40.5 Å². The zero-order chi connectivity index (χ0) is 8.55. The molecule has 0 unspecified atom stereocenters. The van der Waals surface area contributed by atoms with Crippen molar-refractivity contribution in [3.8, 4) is 0 Å². The standard InChI is InChI=1S/C9H7NO2/c1-6-4-9(11)12-8-2-3-10-5-7(6)8/h2-5H,1H3. The van der Waals surface area contributed by atoms with Crippen LogP contribution >= 0.6 is 0 Å². The Morgan fingerprint density at radius 2 is 2.33 bits per heavy atom. The highest BCUT2D eigenvalue weighted by Gasteiger charge is 1.99. The Bertz CT molecular complexity index is 473. The maximum Gasteiger partial charge on any atom is 0.336 e. The molecule has 3 heteroatoms. The predicted molar refractivity (Wildman–Crippen MR) is 45.0 cm³/mol. The lowest BCUT2D eigenvalue weighted by molar-refractivity contribution is 0.559. The lowest BCUT2D eigenvalue weighted by Crippen LogP contribution is -1.97. The van der Waals surface area contributed by atoms with Crippen LogP contribution in [0.25, 0.3) is 11.0 Å². The molecule has 2 aromatic heterocycles. The van der Waals surface area contributed by atoms with Crippen LogP contribution in [-0.2, 0) is 0 Å². The number of fused-ring (bicyclic) bond motifs is 1. The van der Waals surface area contributed by atoms with E-state index in [0.29, 0.717) is 5.58 Å². The number of aryl methyl sites for hydroxylation is 1. The van der Waals surface area contributed by atoms with E-state index in [9.17, 15) is 4.79 Å². The average molecular weight is 161 g/mol. The molecule has 0 atom stereocenters. The first kappa shape index (κ1) is 7.03.